The van der Waals surface area contributed by atoms with E-state index >= 15 is 0 Å². The summed E-state index contributed by atoms with van der Waals surface area (Å²) >= 11 is 1.59. The van der Waals surface area contributed by atoms with Crippen LogP contribution >= 0.6 is 11.3 Å². The summed E-state index contributed by atoms with van der Waals surface area (Å²) in [5, 5.41) is 13.5. The zero-order chi connectivity index (χ0) is 22.2. The lowest BCUT2D eigenvalue weighted by atomic mass is 10.3. The van der Waals surface area contributed by atoms with Gasteiger partial charge in [-0.1, -0.05) is 29.5 Å². The van der Waals surface area contributed by atoms with Crippen molar-refractivity contribution < 1.29 is 9.47 Å². The van der Waals surface area contributed by atoms with Crippen molar-refractivity contribution in [3.63, 3.8) is 0 Å². The van der Waals surface area contributed by atoms with Crippen molar-refractivity contribution in [3.05, 3.63) is 84.4 Å². The van der Waals surface area contributed by atoms with Gasteiger partial charge in [-0.05, 0) is 37.3 Å². The lowest BCUT2D eigenvalue weighted by Gasteiger charge is -2.02. The first kappa shape index (κ1) is 19.6. The smallest absolute Gasteiger partial charge is 0.231 e. The Kier molecular flexibility index (Phi) is 4.80. The third kappa shape index (κ3) is 3.83. The average molecular weight is 457 g/mol. The van der Waals surface area contributed by atoms with Crippen LogP contribution in [0.3, 0.4) is 0 Å². The second kappa shape index (κ2) is 8.10. The number of aryl methyl sites for hydroxylation is 1. The van der Waals surface area contributed by atoms with Gasteiger partial charge in [-0.25, -0.2) is 14.3 Å². The Labute approximate surface area is 194 Å². The minimum atomic E-state index is 0.256. The van der Waals surface area contributed by atoms with Crippen LogP contribution in [0.25, 0.3) is 21.9 Å². The van der Waals surface area contributed by atoms with Crippen LogP contribution in [-0.2, 0) is 6.54 Å². The summed E-state index contributed by atoms with van der Waals surface area (Å²) < 4.78 is 14.6. The van der Waals surface area contributed by atoms with Crippen LogP contribution in [0.4, 0.5) is 5.13 Å². The fourth-order valence-corrected chi connectivity index (χ4v) is 4.60. The third-order valence-corrected chi connectivity index (χ3v) is 6.48. The molecule has 1 aliphatic heterocycles. The molecule has 9 heteroatoms. The summed E-state index contributed by atoms with van der Waals surface area (Å²) in [5.74, 6) is 1.50. The Balaban J connectivity index is 1.17. The zero-order valence-electron chi connectivity index (χ0n) is 17.8. The Morgan fingerprint density at radius 2 is 1.88 bits per heavy atom. The molecule has 5 aromatic rings. The lowest BCUT2D eigenvalue weighted by Crippen LogP contribution is -1.98. The van der Waals surface area contributed by atoms with Crippen molar-refractivity contribution in [3.8, 4) is 33.4 Å². The molecule has 4 heterocycles. The molecule has 6 rings (SSSR count). The van der Waals surface area contributed by atoms with Crippen LogP contribution in [0.5, 0.6) is 11.5 Å². The molecule has 0 amide bonds. The summed E-state index contributed by atoms with van der Waals surface area (Å²) in [5.41, 5.74) is 4.86. The molecule has 3 aromatic heterocycles. The molecular weight excluding hydrogens is 436 g/mol. The molecule has 0 bridgehead atoms. The van der Waals surface area contributed by atoms with Crippen molar-refractivity contribution in [1.82, 2.24) is 24.5 Å². The minimum absolute atomic E-state index is 0.256. The zero-order valence-corrected chi connectivity index (χ0v) is 18.6. The molecule has 0 fully saturated rings. The maximum atomic E-state index is 5.48. The second-order valence-corrected chi connectivity index (χ2v) is 8.60. The molecule has 0 aliphatic carbocycles. The molecule has 1 aliphatic rings. The van der Waals surface area contributed by atoms with E-state index in [-0.39, 0.29) is 6.79 Å². The molecule has 0 saturated carbocycles. The van der Waals surface area contributed by atoms with Crippen LogP contribution < -0.4 is 14.8 Å². The maximum absolute atomic E-state index is 5.48. The number of nitrogens with one attached hydrogen (secondary N) is 1. The molecule has 0 radical (unpaired) electrons. The number of thiazole rings is 1. The molecule has 2 aromatic carbocycles. The number of fused-ring (bicyclic) bond motifs is 1. The van der Waals surface area contributed by atoms with Gasteiger partial charge in [0, 0.05) is 30.6 Å². The molecular formula is C24H20N6O2S. The van der Waals surface area contributed by atoms with Crippen LogP contribution in [0.1, 0.15) is 11.3 Å². The Hall–Kier alpha value is -4.11. The number of aromatic nitrogens is 5. The monoisotopic (exact) mass is 456 g/mol. The van der Waals surface area contributed by atoms with E-state index in [1.807, 2.05) is 89.5 Å². The number of para-hydroxylation sites is 1. The van der Waals surface area contributed by atoms with E-state index in [1.54, 1.807) is 11.3 Å². The SMILES string of the molecule is Cc1nc(NCc2cnn(-c3ccccc3)c2)sc1-c1ccn(-c2ccc3c(c2)OCO3)n1. The number of benzene rings is 2. The molecule has 33 heavy (non-hydrogen) atoms. The van der Waals surface area contributed by atoms with Gasteiger partial charge in [-0.2, -0.15) is 10.2 Å². The minimum Gasteiger partial charge on any atom is -0.454 e. The van der Waals surface area contributed by atoms with Gasteiger partial charge in [0.1, 0.15) is 5.69 Å². The van der Waals surface area contributed by atoms with Gasteiger partial charge < -0.3 is 14.8 Å². The van der Waals surface area contributed by atoms with Crippen LogP contribution in [0.15, 0.2) is 73.2 Å². The summed E-state index contributed by atoms with van der Waals surface area (Å²) in [6.45, 7) is 2.90. The fraction of sp³-hybridized carbons (Fsp3) is 0.125. The number of anilines is 1. The largest absolute Gasteiger partial charge is 0.454 e. The number of nitrogens with zero attached hydrogens (tertiary/aromatic N) is 5. The van der Waals surface area contributed by atoms with Gasteiger partial charge in [0.25, 0.3) is 0 Å². The lowest BCUT2D eigenvalue weighted by molar-refractivity contribution is 0.174. The van der Waals surface area contributed by atoms with E-state index in [9.17, 15) is 0 Å². The van der Waals surface area contributed by atoms with E-state index in [4.69, 9.17) is 19.6 Å². The second-order valence-electron chi connectivity index (χ2n) is 7.60. The predicted octanol–water partition coefficient (Wildman–Crippen LogP) is 4.83. The van der Waals surface area contributed by atoms with Gasteiger partial charge in [0.05, 0.1) is 28.1 Å². The third-order valence-electron chi connectivity index (χ3n) is 5.34. The summed E-state index contributed by atoms with van der Waals surface area (Å²) in [6, 6.07) is 17.9. The van der Waals surface area contributed by atoms with Gasteiger partial charge in [-0.15, -0.1) is 0 Å². The molecule has 8 nitrogen and oxygen atoms in total. The summed E-state index contributed by atoms with van der Waals surface area (Å²) in [4.78, 5) is 5.73. The number of ether oxygens (including phenoxy) is 2. The van der Waals surface area contributed by atoms with Crippen molar-refractivity contribution >= 4 is 16.5 Å². The highest BCUT2D eigenvalue weighted by Gasteiger charge is 2.16. The predicted molar refractivity (Wildman–Crippen MR) is 126 cm³/mol. The normalized spacial score (nSPS) is 12.3. The molecule has 1 N–H and O–H groups in total. The van der Waals surface area contributed by atoms with Crippen molar-refractivity contribution in [2.45, 2.75) is 13.5 Å². The fourth-order valence-electron chi connectivity index (χ4n) is 3.68. The Morgan fingerprint density at radius 1 is 1.00 bits per heavy atom. The topological polar surface area (TPSA) is 79.0 Å². The first-order valence-corrected chi connectivity index (χ1v) is 11.3. The van der Waals surface area contributed by atoms with E-state index in [0.29, 0.717) is 6.54 Å². The van der Waals surface area contributed by atoms with Crippen molar-refractivity contribution in [2.75, 3.05) is 12.1 Å². The highest BCUT2D eigenvalue weighted by atomic mass is 32.1. The van der Waals surface area contributed by atoms with Crippen LogP contribution in [0.2, 0.25) is 0 Å². The first-order valence-electron chi connectivity index (χ1n) is 10.5. The summed E-state index contributed by atoms with van der Waals surface area (Å²) in [6.07, 6.45) is 5.84. The van der Waals surface area contributed by atoms with Crippen LogP contribution in [-0.4, -0.2) is 31.3 Å². The maximum Gasteiger partial charge on any atom is 0.231 e. The summed E-state index contributed by atoms with van der Waals surface area (Å²) in [7, 11) is 0. The molecule has 164 valence electrons. The molecule has 0 spiro atoms. The van der Waals surface area contributed by atoms with Gasteiger partial charge in [0.2, 0.25) is 6.79 Å². The first-order chi connectivity index (χ1) is 16.2. The number of rotatable bonds is 6. The van der Waals surface area contributed by atoms with Gasteiger partial charge in [0.15, 0.2) is 16.6 Å². The number of hydrogen-bond donors (Lipinski definition) is 1. The van der Waals surface area contributed by atoms with Crippen LogP contribution in [0, 0.1) is 6.92 Å². The Bertz CT molecular complexity index is 1420. The van der Waals surface area contributed by atoms with E-state index < -0.39 is 0 Å². The van der Waals surface area contributed by atoms with Gasteiger partial charge in [-0.3, -0.25) is 0 Å². The molecule has 0 saturated heterocycles. The standard InChI is InChI=1S/C24H20N6O2S/c1-16-23(20-9-10-29(28-20)19-7-8-21-22(11-19)32-15-31-21)33-24(27-16)25-12-17-13-26-30(14-17)18-5-3-2-4-6-18/h2-11,13-14H,12,15H2,1H3,(H,25,27). The van der Waals surface area contributed by atoms with Crippen molar-refractivity contribution in [2.24, 2.45) is 0 Å². The average Bonchev–Trinajstić information content (AvgIpc) is 3.64. The highest BCUT2D eigenvalue weighted by Crippen LogP contribution is 2.35. The quantitative estimate of drug-likeness (QED) is 0.394. The van der Waals surface area contributed by atoms with Crippen molar-refractivity contribution in [1.29, 1.82) is 0 Å². The molecule has 0 unspecified atom stereocenters. The van der Waals surface area contributed by atoms with E-state index in [0.717, 1.165) is 49.8 Å². The van der Waals surface area contributed by atoms with E-state index in [2.05, 4.69) is 10.4 Å². The van der Waals surface area contributed by atoms with Gasteiger partial charge >= 0.3 is 0 Å². The number of hydrogen-bond acceptors (Lipinski definition) is 7. The highest BCUT2D eigenvalue weighted by molar-refractivity contribution is 7.19. The van der Waals surface area contributed by atoms with E-state index in [1.165, 1.54) is 0 Å². The Morgan fingerprint density at radius 3 is 2.79 bits per heavy atom. The molecule has 0 atom stereocenters.